The van der Waals surface area contributed by atoms with E-state index < -0.39 is 0 Å². The van der Waals surface area contributed by atoms with Crippen LogP contribution in [0.4, 0.5) is 0 Å². The summed E-state index contributed by atoms with van der Waals surface area (Å²) in [5, 5.41) is 6.97. The minimum absolute atomic E-state index is 0.164. The lowest BCUT2D eigenvalue weighted by atomic mass is 10.2. The van der Waals surface area contributed by atoms with E-state index in [2.05, 4.69) is 31.6 Å². The summed E-state index contributed by atoms with van der Waals surface area (Å²) in [6.45, 7) is 2.58. The Kier molecular flexibility index (Phi) is 3.91. The van der Waals surface area contributed by atoms with Crippen molar-refractivity contribution in [3.05, 3.63) is 50.4 Å². The predicted octanol–water partition coefficient (Wildman–Crippen LogP) is 3.14. The highest BCUT2D eigenvalue weighted by Gasteiger charge is 2.10. The number of hydrogen-bond acceptors (Lipinski definition) is 3. The van der Waals surface area contributed by atoms with Gasteiger partial charge in [0.1, 0.15) is 5.69 Å². The number of rotatable bonds is 3. The van der Waals surface area contributed by atoms with Gasteiger partial charge in [-0.05, 0) is 56.9 Å². The molecular formula is C12H11BrN2OS. The Balaban J connectivity index is 2.04. The zero-order valence-corrected chi connectivity index (χ0v) is 11.6. The van der Waals surface area contributed by atoms with Gasteiger partial charge in [0.15, 0.2) is 0 Å². The van der Waals surface area contributed by atoms with Gasteiger partial charge in [0.25, 0.3) is 5.91 Å². The maximum Gasteiger partial charge on any atom is 0.271 e. The van der Waals surface area contributed by atoms with Crippen LogP contribution in [0.25, 0.3) is 0 Å². The lowest BCUT2D eigenvalue weighted by Crippen LogP contribution is -2.24. The fourth-order valence-electron chi connectivity index (χ4n) is 1.38. The average molecular weight is 311 g/mol. The topological polar surface area (TPSA) is 42.0 Å². The van der Waals surface area contributed by atoms with E-state index in [1.165, 1.54) is 5.56 Å². The molecule has 0 fully saturated rings. The predicted molar refractivity (Wildman–Crippen MR) is 72.2 cm³/mol. The van der Waals surface area contributed by atoms with Crippen molar-refractivity contribution >= 4 is 33.2 Å². The van der Waals surface area contributed by atoms with Gasteiger partial charge in [-0.1, -0.05) is 0 Å². The second-order valence-electron chi connectivity index (χ2n) is 3.60. The van der Waals surface area contributed by atoms with Gasteiger partial charge in [-0.2, -0.15) is 11.3 Å². The number of nitrogens with zero attached hydrogens (tertiary/aromatic N) is 1. The van der Waals surface area contributed by atoms with Gasteiger partial charge in [-0.25, -0.2) is 4.98 Å². The van der Waals surface area contributed by atoms with Crippen molar-refractivity contribution < 1.29 is 4.79 Å². The van der Waals surface area contributed by atoms with E-state index in [4.69, 9.17) is 0 Å². The molecule has 0 aliphatic rings. The van der Waals surface area contributed by atoms with E-state index >= 15 is 0 Å². The lowest BCUT2D eigenvalue weighted by Gasteiger charge is -2.05. The SMILES string of the molecule is Cc1cscc1CNC(=O)c1ncccc1Br. The van der Waals surface area contributed by atoms with Crippen molar-refractivity contribution in [2.24, 2.45) is 0 Å². The first kappa shape index (κ1) is 12.3. The number of hydrogen-bond donors (Lipinski definition) is 1. The van der Waals surface area contributed by atoms with E-state index in [-0.39, 0.29) is 5.91 Å². The number of carbonyl (C=O) groups is 1. The number of pyridine rings is 1. The minimum Gasteiger partial charge on any atom is -0.347 e. The quantitative estimate of drug-likeness (QED) is 0.946. The molecule has 0 unspecified atom stereocenters. The second kappa shape index (κ2) is 5.42. The summed E-state index contributed by atoms with van der Waals surface area (Å²) < 4.78 is 0.708. The maximum atomic E-state index is 11.9. The Bertz CT molecular complexity index is 539. The Labute approximate surface area is 112 Å². The molecule has 5 heteroatoms. The third-order valence-corrected chi connectivity index (χ3v) is 3.92. The number of halogens is 1. The number of aryl methyl sites for hydroxylation is 1. The maximum absolute atomic E-state index is 11.9. The van der Waals surface area contributed by atoms with Gasteiger partial charge < -0.3 is 5.32 Å². The Morgan fingerprint density at radius 2 is 2.35 bits per heavy atom. The van der Waals surface area contributed by atoms with Crippen LogP contribution in [0.1, 0.15) is 21.6 Å². The fourth-order valence-corrected chi connectivity index (χ4v) is 2.67. The standard InChI is InChI=1S/C12H11BrN2OS/c1-8-6-17-7-9(8)5-15-12(16)11-10(13)3-2-4-14-11/h2-4,6-7H,5H2,1H3,(H,15,16). The third kappa shape index (κ3) is 2.92. The summed E-state index contributed by atoms with van der Waals surface area (Å²) in [4.78, 5) is 15.9. The number of aromatic nitrogens is 1. The van der Waals surface area contributed by atoms with Gasteiger partial charge in [0.05, 0.1) is 0 Å². The molecule has 0 aromatic carbocycles. The van der Waals surface area contributed by atoms with Crippen LogP contribution < -0.4 is 5.32 Å². The van der Waals surface area contributed by atoms with Gasteiger partial charge in [0.2, 0.25) is 0 Å². The van der Waals surface area contributed by atoms with E-state index in [0.29, 0.717) is 16.7 Å². The molecule has 0 radical (unpaired) electrons. The van der Waals surface area contributed by atoms with Gasteiger partial charge in [0, 0.05) is 17.2 Å². The monoisotopic (exact) mass is 310 g/mol. The lowest BCUT2D eigenvalue weighted by molar-refractivity contribution is 0.0945. The van der Waals surface area contributed by atoms with E-state index in [1.807, 2.05) is 12.3 Å². The van der Waals surface area contributed by atoms with Crippen LogP contribution in [0, 0.1) is 6.92 Å². The van der Waals surface area contributed by atoms with Crippen LogP contribution in [0.5, 0.6) is 0 Å². The van der Waals surface area contributed by atoms with Crippen LogP contribution in [-0.2, 0) is 6.54 Å². The smallest absolute Gasteiger partial charge is 0.271 e. The summed E-state index contributed by atoms with van der Waals surface area (Å²) in [6, 6.07) is 3.58. The highest BCUT2D eigenvalue weighted by molar-refractivity contribution is 9.10. The van der Waals surface area contributed by atoms with Crippen molar-refractivity contribution in [1.82, 2.24) is 10.3 Å². The van der Waals surface area contributed by atoms with Crippen molar-refractivity contribution in [2.75, 3.05) is 0 Å². The molecular weight excluding hydrogens is 300 g/mol. The average Bonchev–Trinajstić information content (AvgIpc) is 2.72. The third-order valence-electron chi connectivity index (χ3n) is 2.37. The molecule has 0 spiro atoms. The molecule has 0 aliphatic heterocycles. The van der Waals surface area contributed by atoms with Crippen LogP contribution in [0.2, 0.25) is 0 Å². The first-order valence-corrected chi connectivity index (χ1v) is 6.82. The largest absolute Gasteiger partial charge is 0.347 e. The fraction of sp³-hybridized carbons (Fsp3) is 0.167. The number of nitrogens with one attached hydrogen (secondary N) is 1. The molecule has 17 heavy (non-hydrogen) atoms. The van der Waals surface area contributed by atoms with Crippen molar-refractivity contribution in [3.63, 3.8) is 0 Å². The Morgan fingerprint density at radius 1 is 1.53 bits per heavy atom. The molecule has 1 amide bonds. The molecule has 2 heterocycles. The molecule has 2 aromatic heterocycles. The highest BCUT2D eigenvalue weighted by atomic mass is 79.9. The van der Waals surface area contributed by atoms with Gasteiger partial charge in [-0.15, -0.1) is 0 Å². The van der Waals surface area contributed by atoms with Crippen molar-refractivity contribution in [1.29, 1.82) is 0 Å². The number of carbonyl (C=O) groups excluding carboxylic acids is 1. The Morgan fingerprint density at radius 3 is 3.00 bits per heavy atom. The zero-order chi connectivity index (χ0) is 12.3. The number of amides is 1. The highest BCUT2D eigenvalue weighted by Crippen LogP contribution is 2.15. The van der Waals surface area contributed by atoms with Crippen LogP contribution in [0.15, 0.2) is 33.6 Å². The summed E-state index contributed by atoms with van der Waals surface area (Å²) in [7, 11) is 0. The molecule has 2 aromatic rings. The van der Waals surface area contributed by atoms with Gasteiger partial charge in [-0.3, -0.25) is 4.79 Å². The molecule has 0 saturated carbocycles. The van der Waals surface area contributed by atoms with E-state index in [0.717, 1.165) is 5.56 Å². The van der Waals surface area contributed by atoms with Crippen LogP contribution in [0.3, 0.4) is 0 Å². The molecule has 0 bridgehead atoms. The normalized spacial score (nSPS) is 10.2. The zero-order valence-electron chi connectivity index (χ0n) is 9.24. The second-order valence-corrected chi connectivity index (χ2v) is 5.19. The first-order chi connectivity index (χ1) is 8.18. The molecule has 2 rings (SSSR count). The summed E-state index contributed by atoms with van der Waals surface area (Å²) in [5.41, 5.74) is 2.77. The molecule has 0 atom stereocenters. The molecule has 0 saturated heterocycles. The van der Waals surface area contributed by atoms with E-state index in [1.54, 1.807) is 29.7 Å². The van der Waals surface area contributed by atoms with Crippen LogP contribution >= 0.6 is 27.3 Å². The Hall–Kier alpha value is -1.20. The van der Waals surface area contributed by atoms with Crippen LogP contribution in [-0.4, -0.2) is 10.9 Å². The van der Waals surface area contributed by atoms with Crippen molar-refractivity contribution in [3.8, 4) is 0 Å². The molecule has 88 valence electrons. The molecule has 3 nitrogen and oxygen atoms in total. The van der Waals surface area contributed by atoms with Crippen molar-refractivity contribution in [2.45, 2.75) is 13.5 Å². The minimum atomic E-state index is -0.164. The summed E-state index contributed by atoms with van der Waals surface area (Å²) >= 11 is 4.95. The molecule has 1 N–H and O–H groups in total. The van der Waals surface area contributed by atoms with Gasteiger partial charge >= 0.3 is 0 Å². The summed E-state index contributed by atoms with van der Waals surface area (Å²) in [5.74, 6) is -0.164. The molecule has 0 aliphatic carbocycles. The number of thiophene rings is 1. The summed E-state index contributed by atoms with van der Waals surface area (Å²) in [6.07, 6.45) is 1.61. The first-order valence-electron chi connectivity index (χ1n) is 5.09. The van der Waals surface area contributed by atoms with E-state index in [9.17, 15) is 4.79 Å².